The Kier molecular flexibility index (Phi) is 5.59. The number of benzene rings is 3. The number of allylic oxidation sites excluding steroid dienone is 2. The molecule has 182 valence electrons. The highest BCUT2D eigenvalue weighted by molar-refractivity contribution is 7.89. The molecule has 2 aliphatic heterocycles. The van der Waals surface area contributed by atoms with Crippen LogP contribution in [0.2, 0.25) is 0 Å². The number of hydrogen-bond acceptors (Lipinski definition) is 5. The largest absolute Gasteiger partial charge is 0.496 e. The van der Waals surface area contributed by atoms with Crippen LogP contribution in [0.25, 0.3) is 10.8 Å². The van der Waals surface area contributed by atoms with Crippen molar-refractivity contribution in [1.82, 2.24) is 9.21 Å². The average molecular weight is 490 g/mol. The summed E-state index contributed by atoms with van der Waals surface area (Å²) in [6.45, 7) is 2.58. The van der Waals surface area contributed by atoms with Gasteiger partial charge in [-0.3, -0.25) is 0 Å². The molecule has 3 aromatic carbocycles. The number of anilines is 1. The Morgan fingerprint density at radius 2 is 1.80 bits per heavy atom. The highest BCUT2D eigenvalue weighted by Crippen LogP contribution is 2.52. The molecule has 35 heavy (non-hydrogen) atoms. The van der Waals surface area contributed by atoms with Gasteiger partial charge in [-0.2, -0.15) is 4.31 Å². The summed E-state index contributed by atoms with van der Waals surface area (Å²) < 4.78 is 34.3. The fourth-order valence-electron chi connectivity index (χ4n) is 5.97. The smallest absolute Gasteiger partial charge is 0.243 e. The molecule has 3 atom stereocenters. The second kappa shape index (κ2) is 8.66. The predicted octanol–water partition coefficient (Wildman–Crippen LogP) is 4.61. The highest BCUT2D eigenvalue weighted by Gasteiger charge is 2.40. The number of ether oxygens (including phenoxy) is 1. The van der Waals surface area contributed by atoms with Crippen LogP contribution in [0.3, 0.4) is 0 Å². The van der Waals surface area contributed by atoms with Crippen LogP contribution in [0.1, 0.15) is 29.5 Å². The van der Waals surface area contributed by atoms with E-state index in [2.05, 4.69) is 58.8 Å². The Morgan fingerprint density at radius 1 is 1.00 bits per heavy atom. The first kappa shape index (κ1) is 22.6. The molecule has 1 aliphatic carbocycles. The summed E-state index contributed by atoms with van der Waals surface area (Å²) in [5, 5.41) is 6.16. The van der Waals surface area contributed by atoms with Crippen LogP contribution >= 0.6 is 0 Å². The van der Waals surface area contributed by atoms with Gasteiger partial charge in [-0.15, -0.1) is 0 Å². The van der Waals surface area contributed by atoms with Crippen molar-refractivity contribution in [2.45, 2.75) is 23.3 Å². The Labute approximate surface area is 207 Å². The van der Waals surface area contributed by atoms with Crippen LogP contribution in [-0.4, -0.2) is 58.0 Å². The molecule has 1 fully saturated rings. The maximum atomic E-state index is 13.4. The fourth-order valence-corrected chi connectivity index (χ4v) is 7.43. The minimum atomic E-state index is -3.52. The Bertz CT molecular complexity index is 1410. The minimum Gasteiger partial charge on any atom is -0.496 e. The Hall–Kier alpha value is -2.87. The van der Waals surface area contributed by atoms with Crippen LogP contribution in [0.5, 0.6) is 5.75 Å². The lowest BCUT2D eigenvalue weighted by Gasteiger charge is -2.39. The summed E-state index contributed by atoms with van der Waals surface area (Å²) in [6.07, 6.45) is 5.42. The lowest BCUT2D eigenvalue weighted by atomic mass is 9.76. The summed E-state index contributed by atoms with van der Waals surface area (Å²) in [5.74, 6) is 1.32. The van der Waals surface area contributed by atoms with Crippen molar-refractivity contribution >= 4 is 26.5 Å². The molecule has 6 rings (SSSR count). The number of sulfonamides is 1. The number of hydrogen-bond donors (Lipinski definition) is 1. The molecule has 0 aromatic heterocycles. The molecule has 3 unspecified atom stereocenters. The molecular formula is C28H31N3O3S. The van der Waals surface area contributed by atoms with Gasteiger partial charge >= 0.3 is 0 Å². The van der Waals surface area contributed by atoms with E-state index in [9.17, 15) is 8.42 Å². The molecule has 0 saturated carbocycles. The molecule has 2 heterocycles. The molecule has 1 saturated heterocycles. The van der Waals surface area contributed by atoms with Crippen molar-refractivity contribution in [3.63, 3.8) is 0 Å². The van der Waals surface area contributed by atoms with E-state index in [0.717, 1.165) is 36.5 Å². The van der Waals surface area contributed by atoms with Crippen molar-refractivity contribution < 1.29 is 13.2 Å². The maximum Gasteiger partial charge on any atom is 0.243 e. The summed E-state index contributed by atoms with van der Waals surface area (Å²) in [7, 11) is 0.239. The summed E-state index contributed by atoms with van der Waals surface area (Å²) in [5.41, 5.74) is 3.23. The van der Waals surface area contributed by atoms with E-state index in [0.29, 0.717) is 18.0 Å². The number of nitrogens with zero attached hydrogens (tertiary/aromatic N) is 2. The normalized spacial score (nSPS) is 24.7. The van der Waals surface area contributed by atoms with E-state index in [1.165, 1.54) is 16.3 Å². The third-order valence-corrected chi connectivity index (χ3v) is 9.79. The second-order valence-electron chi connectivity index (χ2n) is 9.83. The third-order valence-electron chi connectivity index (χ3n) is 7.90. The number of fused-ring (bicyclic) bond motifs is 4. The van der Waals surface area contributed by atoms with Crippen LogP contribution in [0, 0.1) is 5.92 Å². The van der Waals surface area contributed by atoms with Gasteiger partial charge < -0.3 is 15.0 Å². The van der Waals surface area contributed by atoms with Gasteiger partial charge in [-0.1, -0.05) is 42.5 Å². The summed E-state index contributed by atoms with van der Waals surface area (Å²) in [4.78, 5) is 2.56. The van der Waals surface area contributed by atoms with Crippen LogP contribution < -0.4 is 10.1 Å². The number of likely N-dealkylation sites (N-methyl/N-ethyl adjacent to an activating group) is 1. The molecule has 0 bridgehead atoms. The van der Waals surface area contributed by atoms with Gasteiger partial charge in [0.25, 0.3) is 0 Å². The van der Waals surface area contributed by atoms with Crippen molar-refractivity contribution in [3.8, 4) is 5.75 Å². The first-order chi connectivity index (χ1) is 17.0. The first-order valence-electron chi connectivity index (χ1n) is 12.3. The number of piperazine rings is 1. The van der Waals surface area contributed by atoms with E-state index in [-0.39, 0.29) is 17.9 Å². The van der Waals surface area contributed by atoms with Gasteiger partial charge in [-0.05, 0) is 60.0 Å². The monoisotopic (exact) mass is 489 g/mol. The number of rotatable bonds is 4. The molecule has 0 amide bonds. The van der Waals surface area contributed by atoms with Crippen molar-refractivity contribution in [2.24, 2.45) is 5.92 Å². The molecule has 3 aromatic rings. The first-order valence-corrected chi connectivity index (χ1v) is 13.7. The Morgan fingerprint density at radius 3 is 2.60 bits per heavy atom. The SMILES string of the molecule is COc1ccc2ccccc2c1C1Nc2ccc(S(=O)(=O)N3CCN(C)CC3)cc2C2C=CCC21. The van der Waals surface area contributed by atoms with Crippen molar-refractivity contribution in [3.05, 3.63) is 77.9 Å². The van der Waals surface area contributed by atoms with E-state index in [1.807, 2.05) is 19.2 Å². The molecule has 0 radical (unpaired) electrons. The van der Waals surface area contributed by atoms with Crippen LogP contribution in [0.4, 0.5) is 5.69 Å². The predicted molar refractivity (Wildman–Crippen MR) is 140 cm³/mol. The van der Waals surface area contributed by atoms with Gasteiger partial charge in [0.15, 0.2) is 0 Å². The highest BCUT2D eigenvalue weighted by atomic mass is 32.2. The molecule has 0 spiro atoms. The van der Waals surface area contributed by atoms with E-state index in [4.69, 9.17) is 4.74 Å². The fraction of sp³-hybridized carbons (Fsp3) is 0.357. The van der Waals surface area contributed by atoms with E-state index >= 15 is 0 Å². The molecule has 1 N–H and O–H groups in total. The quantitative estimate of drug-likeness (QED) is 0.543. The lowest BCUT2D eigenvalue weighted by molar-refractivity contribution is 0.222. The summed E-state index contributed by atoms with van der Waals surface area (Å²) >= 11 is 0. The van der Waals surface area contributed by atoms with Crippen molar-refractivity contribution in [2.75, 3.05) is 45.7 Å². The van der Waals surface area contributed by atoms with Gasteiger partial charge in [0, 0.05) is 43.3 Å². The standard InChI is InChI=1S/C28H31N3O3S/c1-30-14-16-31(17-15-30)35(32,33)20-11-12-25-24(18-20)22-8-5-9-23(22)28(29-25)27-21-7-4-3-6-19(21)10-13-26(27)34-2/h3-8,10-13,18,22-23,28-29H,9,14-17H2,1-2H3. The van der Waals surface area contributed by atoms with Crippen LogP contribution in [0.15, 0.2) is 71.6 Å². The summed E-state index contributed by atoms with van der Waals surface area (Å²) in [6, 6.07) is 18.3. The Balaban J connectivity index is 1.41. The van der Waals surface area contributed by atoms with Gasteiger partial charge in [0.1, 0.15) is 5.75 Å². The van der Waals surface area contributed by atoms with Gasteiger partial charge in [-0.25, -0.2) is 8.42 Å². The number of methoxy groups -OCH3 is 1. The second-order valence-corrected chi connectivity index (χ2v) is 11.8. The topological polar surface area (TPSA) is 61.9 Å². The van der Waals surface area contributed by atoms with Gasteiger partial charge in [0.2, 0.25) is 10.0 Å². The van der Waals surface area contributed by atoms with Gasteiger partial charge in [0.05, 0.1) is 18.0 Å². The average Bonchev–Trinajstić information content (AvgIpc) is 3.38. The molecule has 3 aliphatic rings. The number of nitrogens with one attached hydrogen (secondary N) is 1. The zero-order valence-corrected chi connectivity index (χ0v) is 21.0. The van der Waals surface area contributed by atoms with E-state index < -0.39 is 10.0 Å². The van der Waals surface area contributed by atoms with E-state index in [1.54, 1.807) is 17.5 Å². The molecule has 7 heteroatoms. The zero-order chi connectivity index (χ0) is 24.2. The van der Waals surface area contributed by atoms with Crippen molar-refractivity contribution in [1.29, 1.82) is 0 Å². The molecular weight excluding hydrogens is 458 g/mol. The van der Waals surface area contributed by atoms with Crippen LogP contribution in [-0.2, 0) is 10.0 Å². The zero-order valence-electron chi connectivity index (χ0n) is 20.1. The molecule has 6 nitrogen and oxygen atoms in total. The third kappa shape index (κ3) is 3.73. The minimum absolute atomic E-state index is 0.0589. The lowest BCUT2D eigenvalue weighted by Crippen LogP contribution is -2.47. The maximum absolute atomic E-state index is 13.4.